The number of pyridine rings is 1. The minimum atomic E-state index is -0.575. The average Bonchev–Trinajstić information content (AvgIpc) is 2.35. The van der Waals surface area contributed by atoms with Gasteiger partial charge >= 0.3 is 12.1 Å². The summed E-state index contributed by atoms with van der Waals surface area (Å²) in [6, 6.07) is 1.46. The second kappa shape index (κ2) is 6.56. The maximum Gasteiger partial charge on any atom is 0.407 e. The van der Waals surface area contributed by atoms with Crippen LogP contribution in [0.25, 0.3) is 0 Å². The van der Waals surface area contributed by atoms with E-state index in [0.717, 1.165) is 0 Å². The van der Waals surface area contributed by atoms with E-state index in [1.807, 2.05) is 0 Å². The first-order chi connectivity index (χ1) is 9.23. The first-order valence-electron chi connectivity index (χ1n) is 5.92. The molecule has 0 bridgehead atoms. The van der Waals surface area contributed by atoms with Gasteiger partial charge in [0.1, 0.15) is 5.60 Å². The average molecular weight is 301 g/mol. The van der Waals surface area contributed by atoms with E-state index in [0.29, 0.717) is 5.69 Å². The van der Waals surface area contributed by atoms with Crippen molar-refractivity contribution in [2.45, 2.75) is 32.9 Å². The Morgan fingerprint density at radius 3 is 2.60 bits per heavy atom. The Hall–Kier alpha value is -1.82. The molecular formula is C13H17ClN2O4. The van der Waals surface area contributed by atoms with Gasteiger partial charge in [0.05, 0.1) is 29.9 Å². The summed E-state index contributed by atoms with van der Waals surface area (Å²) in [5.74, 6) is -0.559. The molecule has 1 aromatic rings. The van der Waals surface area contributed by atoms with Crippen molar-refractivity contribution in [3.8, 4) is 0 Å². The van der Waals surface area contributed by atoms with Crippen molar-refractivity contribution in [1.82, 2.24) is 10.3 Å². The van der Waals surface area contributed by atoms with Crippen LogP contribution in [0.4, 0.5) is 4.79 Å². The van der Waals surface area contributed by atoms with Gasteiger partial charge in [0.25, 0.3) is 0 Å². The van der Waals surface area contributed by atoms with Gasteiger partial charge < -0.3 is 14.8 Å². The third kappa shape index (κ3) is 5.05. The molecule has 7 heteroatoms. The van der Waals surface area contributed by atoms with Crippen molar-refractivity contribution < 1.29 is 19.1 Å². The van der Waals surface area contributed by atoms with E-state index in [-0.39, 0.29) is 17.1 Å². The van der Waals surface area contributed by atoms with Crippen molar-refractivity contribution in [1.29, 1.82) is 0 Å². The summed E-state index contributed by atoms with van der Waals surface area (Å²) in [6.07, 6.45) is 0.772. The highest BCUT2D eigenvalue weighted by Gasteiger charge is 2.17. The van der Waals surface area contributed by atoms with E-state index < -0.39 is 17.7 Å². The van der Waals surface area contributed by atoms with Gasteiger partial charge in [-0.2, -0.15) is 0 Å². The molecule has 0 saturated heterocycles. The highest BCUT2D eigenvalue weighted by molar-refractivity contribution is 6.33. The summed E-state index contributed by atoms with van der Waals surface area (Å²) < 4.78 is 9.69. The quantitative estimate of drug-likeness (QED) is 0.868. The number of amides is 1. The van der Waals surface area contributed by atoms with Crippen LogP contribution in [-0.2, 0) is 16.0 Å². The lowest BCUT2D eigenvalue weighted by molar-refractivity contribution is 0.0522. The Morgan fingerprint density at radius 2 is 2.05 bits per heavy atom. The number of aromatic nitrogens is 1. The Labute approximate surface area is 122 Å². The minimum absolute atomic E-state index is 0.121. The van der Waals surface area contributed by atoms with Crippen LogP contribution in [0.3, 0.4) is 0 Å². The first kappa shape index (κ1) is 16.2. The highest BCUT2D eigenvalue weighted by Crippen LogP contribution is 2.16. The van der Waals surface area contributed by atoms with E-state index in [1.54, 1.807) is 20.8 Å². The smallest absolute Gasteiger partial charge is 0.407 e. The van der Waals surface area contributed by atoms with Crippen molar-refractivity contribution in [2.75, 3.05) is 7.11 Å². The second-order valence-corrected chi connectivity index (χ2v) is 5.41. The molecule has 0 saturated carbocycles. The van der Waals surface area contributed by atoms with Crippen LogP contribution < -0.4 is 5.32 Å². The largest absolute Gasteiger partial charge is 0.465 e. The van der Waals surface area contributed by atoms with Crippen LogP contribution in [0, 0.1) is 0 Å². The van der Waals surface area contributed by atoms with Crippen molar-refractivity contribution in [3.63, 3.8) is 0 Å². The molecule has 1 rings (SSSR count). The number of nitrogens with one attached hydrogen (secondary N) is 1. The number of ether oxygens (including phenoxy) is 2. The lowest BCUT2D eigenvalue weighted by atomic mass is 10.2. The summed E-state index contributed by atoms with van der Waals surface area (Å²) in [5.41, 5.74) is 0.0973. The molecule has 1 heterocycles. The Bertz CT molecular complexity index is 512. The van der Waals surface area contributed by atoms with E-state index in [2.05, 4.69) is 15.0 Å². The van der Waals surface area contributed by atoms with E-state index >= 15 is 0 Å². The van der Waals surface area contributed by atoms with E-state index in [1.165, 1.54) is 19.4 Å². The molecule has 110 valence electrons. The van der Waals surface area contributed by atoms with Crippen molar-refractivity contribution in [3.05, 3.63) is 28.5 Å². The van der Waals surface area contributed by atoms with Crippen LogP contribution in [-0.4, -0.2) is 29.8 Å². The fraction of sp³-hybridized carbons (Fsp3) is 0.462. The lowest BCUT2D eigenvalue weighted by Gasteiger charge is -2.19. The molecule has 6 nitrogen and oxygen atoms in total. The SMILES string of the molecule is COC(=O)c1cc(CNC(=O)OC(C)(C)C)ncc1Cl. The second-order valence-electron chi connectivity index (χ2n) is 5.00. The van der Waals surface area contributed by atoms with Gasteiger partial charge in [-0.25, -0.2) is 9.59 Å². The number of hydrogen-bond donors (Lipinski definition) is 1. The maximum absolute atomic E-state index is 11.5. The van der Waals surface area contributed by atoms with Gasteiger partial charge in [-0.15, -0.1) is 0 Å². The topological polar surface area (TPSA) is 77.5 Å². The van der Waals surface area contributed by atoms with Crippen LogP contribution in [0.2, 0.25) is 5.02 Å². The van der Waals surface area contributed by atoms with Gasteiger partial charge in [0.2, 0.25) is 0 Å². The predicted octanol–water partition coefficient (Wildman–Crippen LogP) is 2.55. The van der Waals surface area contributed by atoms with Crippen LogP contribution in [0.5, 0.6) is 0 Å². The molecule has 0 fully saturated rings. The Morgan fingerprint density at radius 1 is 1.40 bits per heavy atom. The molecule has 20 heavy (non-hydrogen) atoms. The van der Waals surface area contributed by atoms with Gasteiger partial charge in [-0.3, -0.25) is 4.98 Å². The molecule has 0 aliphatic rings. The number of esters is 1. The molecule has 0 atom stereocenters. The zero-order valence-corrected chi connectivity index (χ0v) is 12.6. The zero-order chi connectivity index (χ0) is 15.3. The number of halogens is 1. The molecule has 0 spiro atoms. The number of carbonyl (C=O) groups is 2. The van der Waals surface area contributed by atoms with Crippen LogP contribution >= 0.6 is 11.6 Å². The third-order valence-electron chi connectivity index (χ3n) is 2.13. The molecular weight excluding hydrogens is 284 g/mol. The molecule has 0 aromatic carbocycles. The minimum Gasteiger partial charge on any atom is -0.465 e. The zero-order valence-electron chi connectivity index (χ0n) is 11.8. The van der Waals surface area contributed by atoms with Gasteiger partial charge in [-0.1, -0.05) is 11.6 Å². The Kier molecular flexibility index (Phi) is 5.33. The Balaban J connectivity index is 2.70. The lowest BCUT2D eigenvalue weighted by Crippen LogP contribution is -2.32. The maximum atomic E-state index is 11.5. The number of carbonyl (C=O) groups excluding carboxylic acids is 2. The van der Waals surface area contributed by atoms with Crippen molar-refractivity contribution >= 4 is 23.7 Å². The standard InChI is InChI=1S/C13H17ClN2O4/c1-13(2,3)20-12(18)16-6-8-5-9(11(17)19-4)10(14)7-15-8/h5,7H,6H2,1-4H3,(H,16,18). The third-order valence-corrected chi connectivity index (χ3v) is 2.43. The van der Waals surface area contributed by atoms with Gasteiger partial charge in [-0.05, 0) is 26.8 Å². The highest BCUT2D eigenvalue weighted by atomic mass is 35.5. The van der Waals surface area contributed by atoms with Crippen molar-refractivity contribution in [2.24, 2.45) is 0 Å². The monoisotopic (exact) mass is 300 g/mol. The fourth-order valence-electron chi connectivity index (χ4n) is 1.32. The molecule has 1 aromatic heterocycles. The number of nitrogens with zero attached hydrogens (tertiary/aromatic N) is 1. The van der Waals surface area contributed by atoms with Crippen LogP contribution in [0.15, 0.2) is 12.3 Å². The predicted molar refractivity (Wildman–Crippen MR) is 73.7 cm³/mol. The summed E-state index contributed by atoms with van der Waals surface area (Å²) >= 11 is 5.84. The van der Waals surface area contributed by atoms with E-state index in [9.17, 15) is 9.59 Å². The normalized spacial score (nSPS) is 10.8. The van der Waals surface area contributed by atoms with Gasteiger partial charge in [0.15, 0.2) is 0 Å². The summed E-state index contributed by atoms with van der Waals surface area (Å²) in [4.78, 5) is 27.0. The number of alkyl carbamates (subject to hydrolysis) is 1. The molecule has 0 aliphatic heterocycles. The summed E-state index contributed by atoms with van der Waals surface area (Å²) in [7, 11) is 1.26. The van der Waals surface area contributed by atoms with Gasteiger partial charge in [0, 0.05) is 6.20 Å². The number of rotatable bonds is 3. The molecule has 0 aliphatic carbocycles. The summed E-state index contributed by atoms with van der Waals surface area (Å²) in [5, 5.41) is 2.73. The summed E-state index contributed by atoms with van der Waals surface area (Å²) in [6.45, 7) is 5.42. The number of methoxy groups -OCH3 is 1. The van der Waals surface area contributed by atoms with Crippen LogP contribution in [0.1, 0.15) is 36.8 Å². The molecule has 1 amide bonds. The first-order valence-corrected chi connectivity index (χ1v) is 6.30. The molecule has 0 unspecified atom stereocenters. The van der Waals surface area contributed by atoms with E-state index in [4.69, 9.17) is 16.3 Å². The number of hydrogen-bond acceptors (Lipinski definition) is 5. The fourth-order valence-corrected chi connectivity index (χ4v) is 1.50. The molecule has 0 radical (unpaired) electrons. The molecule has 1 N–H and O–H groups in total.